The molecule has 0 aliphatic carbocycles. The Kier molecular flexibility index (Phi) is 6.37. The van der Waals surface area contributed by atoms with E-state index in [1.54, 1.807) is 12.3 Å². The Balaban J connectivity index is 1.63. The van der Waals surface area contributed by atoms with Gasteiger partial charge in [-0.15, -0.1) is 0 Å². The van der Waals surface area contributed by atoms with Crippen molar-refractivity contribution in [1.29, 1.82) is 0 Å². The van der Waals surface area contributed by atoms with E-state index in [1.165, 1.54) is 16.8 Å². The molecule has 3 rings (SSSR count). The molecule has 0 saturated heterocycles. The van der Waals surface area contributed by atoms with Crippen LogP contribution in [0.2, 0.25) is 0 Å². The van der Waals surface area contributed by atoms with Gasteiger partial charge in [-0.05, 0) is 55.2 Å². The number of rotatable bonds is 7. The number of carbonyl (C=O) groups is 1. The van der Waals surface area contributed by atoms with Gasteiger partial charge in [-0.1, -0.05) is 43.0 Å². The second-order valence-electron chi connectivity index (χ2n) is 6.82. The Labute approximate surface area is 161 Å². The minimum atomic E-state index is 0.101. The number of pyridine rings is 1. The highest BCUT2D eigenvalue weighted by Crippen LogP contribution is 2.21. The van der Waals surface area contributed by atoms with Crippen LogP contribution in [0, 0.1) is 0 Å². The number of allylic oxidation sites excluding steroid dienone is 5. The summed E-state index contributed by atoms with van der Waals surface area (Å²) in [5.74, 6) is 0.101. The molecule has 1 aromatic carbocycles. The fourth-order valence-corrected chi connectivity index (χ4v) is 3.32. The van der Waals surface area contributed by atoms with Crippen molar-refractivity contribution in [3.8, 4) is 0 Å². The van der Waals surface area contributed by atoms with Gasteiger partial charge in [-0.3, -0.25) is 9.78 Å². The van der Waals surface area contributed by atoms with Gasteiger partial charge in [0, 0.05) is 42.7 Å². The molecule has 0 radical (unpaired) electrons. The molecule has 27 heavy (non-hydrogen) atoms. The third-order valence-corrected chi connectivity index (χ3v) is 5.01. The summed E-state index contributed by atoms with van der Waals surface area (Å²) >= 11 is 0. The van der Waals surface area contributed by atoms with Crippen molar-refractivity contribution < 1.29 is 4.79 Å². The lowest BCUT2D eigenvalue weighted by atomic mass is 9.99. The van der Waals surface area contributed by atoms with Crippen LogP contribution in [0.5, 0.6) is 0 Å². The molecular weight excluding hydrogens is 332 g/mol. The first kappa shape index (κ1) is 18.8. The number of carbonyl (C=O) groups excluding carboxylic acids is 1. The molecule has 0 saturated carbocycles. The third kappa shape index (κ3) is 5.04. The van der Waals surface area contributed by atoms with Crippen LogP contribution >= 0.6 is 0 Å². The summed E-state index contributed by atoms with van der Waals surface area (Å²) < 4.78 is 0. The van der Waals surface area contributed by atoms with Gasteiger partial charge in [0.15, 0.2) is 5.78 Å². The summed E-state index contributed by atoms with van der Waals surface area (Å²) in [5, 5.41) is 0. The number of hydrogen-bond donors (Lipinski definition) is 0. The molecule has 1 aliphatic rings. The predicted molar refractivity (Wildman–Crippen MR) is 110 cm³/mol. The number of aromatic nitrogens is 1. The van der Waals surface area contributed by atoms with Gasteiger partial charge in [0.05, 0.1) is 0 Å². The average Bonchev–Trinajstić information content (AvgIpc) is 2.73. The maximum Gasteiger partial charge on any atom is 0.163 e. The summed E-state index contributed by atoms with van der Waals surface area (Å²) in [5.41, 5.74) is 5.58. The van der Waals surface area contributed by atoms with Crippen LogP contribution < -0.4 is 0 Å². The molecule has 138 valence electrons. The molecule has 3 heteroatoms. The van der Waals surface area contributed by atoms with E-state index in [9.17, 15) is 4.79 Å². The molecule has 2 heterocycles. The van der Waals surface area contributed by atoms with Crippen LogP contribution in [0.15, 0.2) is 84.7 Å². The monoisotopic (exact) mass is 358 g/mol. The minimum Gasteiger partial charge on any atom is -0.370 e. The lowest BCUT2D eigenvalue weighted by Gasteiger charge is -2.31. The SMILES string of the molecule is C=CC(=CC=C(C)N1CCc2ccccc2C1)C(=O)CCc1ccccn1. The first-order valence-corrected chi connectivity index (χ1v) is 9.43. The van der Waals surface area contributed by atoms with Gasteiger partial charge < -0.3 is 4.90 Å². The van der Waals surface area contributed by atoms with Crippen LogP contribution in [-0.2, 0) is 24.2 Å². The third-order valence-electron chi connectivity index (χ3n) is 5.01. The molecule has 0 fully saturated rings. The highest BCUT2D eigenvalue weighted by molar-refractivity contribution is 5.98. The van der Waals surface area contributed by atoms with Gasteiger partial charge in [-0.2, -0.15) is 0 Å². The van der Waals surface area contributed by atoms with Crippen molar-refractivity contribution in [2.45, 2.75) is 32.7 Å². The lowest BCUT2D eigenvalue weighted by molar-refractivity contribution is -0.115. The second-order valence-corrected chi connectivity index (χ2v) is 6.82. The summed E-state index contributed by atoms with van der Waals surface area (Å²) in [6.45, 7) is 7.83. The van der Waals surface area contributed by atoms with E-state index in [0.717, 1.165) is 25.2 Å². The van der Waals surface area contributed by atoms with Crippen molar-refractivity contribution in [3.63, 3.8) is 0 Å². The number of ketones is 1. The average molecular weight is 358 g/mol. The molecule has 1 aromatic heterocycles. The fraction of sp³-hybridized carbons (Fsp3) is 0.250. The number of benzene rings is 1. The van der Waals surface area contributed by atoms with Crippen molar-refractivity contribution in [2.75, 3.05) is 6.54 Å². The second kappa shape index (κ2) is 9.13. The van der Waals surface area contributed by atoms with E-state index in [4.69, 9.17) is 0 Å². The Morgan fingerprint density at radius 2 is 1.93 bits per heavy atom. The van der Waals surface area contributed by atoms with Gasteiger partial charge in [0.25, 0.3) is 0 Å². The standard InChI is InChI=1S/C24H26N2O/c1-3-20(24(27)14-13-23-10-6-7-16-25-23)12-11-19(2)26-17-15-21-8-4-5-9-22(21)18-26/h3-12,16H,1,13-15,17-18H2,2H3. The zero-order valence-electron chi connectivity index (χ0n) is 15.9. The summed E-state index contributed by atoms with van der Waals surface area (Å²) in [6.07, 6.45) is 9.48. The molecule has 0 N–H and O–H groups in total. The Hall–Kier alpha value is -2.94. The predicted octanol–water partition coefficient (Wildman–Crippen LogP) is 4.66. The van der Waals surface area contributed by atoms with E-state index in [-0.39, 0.29) is 5.78 Å². The highest BCUT2D eigenvalue weighted by atomic mass is 16.1. The largest absolute Gasteiger partial charge is 0.370 e. The number of nitrogens with zero attached hydrogens (tertiary/aromatic N) is 2. The molecular formula is C24H26N2O. The quantitative estimate of drug-likeness (QED) is 0.533. The number of aryl methyl sites for hydroxylation is 1. The summed E-state index contributed by atoms with van der Waals surface area (Å²) in [7, 11) is 0. The molecule has 0 atom stereocenters. The smallest absolute Gasteiger partial charge is 0.163 e. The molecule has 0 spiro atoms. The van der Waals surface area contributed by atoms with Crippen LogP contribution in [0.3, 0.4) is 0 Å². The number of hydrogen-bond acceptors (Lipinski definition) is 3. The van der Waals surface area contributed by atoms with E-state index in [0.29, 0.717) is 18.4 Å². The van der Waals surface area contributed by atoms with Gasteiger partial charge in [-0.25, -0.2) is 0 Å². The molecule has 0 amide bonds. The first-order valence-electron chi connectivity index (χ1n) is 9.43. The normalized spacial score (nSPS) is 14.6. The number of Topliss-reactive ketones (excluding diaryl/α,β-unsaturated/α-hetero) is 1. The van der Waals surface area contributed by atoms with Gasteiger partial charge in [0.2, 0.25) is 0 Å². The molecule has 2 aromatic rings. The zero-order valence-corrected chi connectivity index (χ0v) is 15.9. The van der Waals surface area contributed by atoms with E-state index in [1.807, 2.05) is 30.4 Å². The van der Waals surface area contributed by atoms with Crippen molar-refractivity contribution in [1.82, 2.24) is 9.88 Å². The van der Waals surface area contributed by atoms with E-state index in [2.05, 4.69) is 47.7 Å². The molecule has 3 nitrogen and oxygen atoms in total. The van der Waals surface area contributed by atoms with Crippen LogP contribution in [0.25, 0.3) is 0 Å². The summed E-state index contributed by atoms with van der Waals surface area (Å²) in [4.78, 5) is 19.1. The van der Waals surface area contributed by atoms with E-state index < -0.39 is 0 Å². The molecule has 0 bridgehead atoms. The maximum atomic E-state index is 12.5. The van der Waals surface area contributed by atoms with Crippen molar-refractivity contribution >= 4 is 5.78 Å². The van der Waals surface area contributed by atoms with E-state index >= 15 is 0 Å². The Bertz CT molecular complexity index is 865. The maximum absolute atomic E-state index is 12.5. The van der Waals surface area contributed by atoms with Crippen LogP contribution in [0.4, 0.5) is 0 Å². The lowest BCUT2D eigenvalue weighted by Crippen LogP contribution is -2.28. The summed E-state index contributed by atoms with van der Waals surface area (Å²) in [6, 6.07) is 14.4. The first-order chi connectivity index (χ1) is 13.2. The van der Waals surface area contributed by atoms with Crippen LogP contribution in [-0.4, -0.2) is 22.2 Å². The van der Waals surface area contributed by atoms with Gasteiger partial charge in [0.1, 0.15) is 0 Å². The van der Waals surface area contributed by atoms with Crippen LogP contribution in [0.1, 0.15) is 30.2 Å². The fourth-order valence-electron chi connectivity index (χ4n) is 3.32. The Morgan fingerprint density at radius 3 is 2.67 bits per heavy atom. The van der Waals surface area contributed by atoms with Crippen molar-refractivity contribution in [2.24, 2.45) is 0 Å². The Morgan fingerprint density at radius 1 is 1.15 bits per heavy atom. The topological polar surface area (TPSA) is 33.2 Å². The highest BCUT2D eigenvalue weighted by Gasteiger charge is 2.15. The minimum absolute atomic E-state index is 0.101. The van der Waals surface area contributed by atoms with Crippen molar-refractivity contribution in [3.05, 3.63) is 102 Å². The number of fused-ring (bicyclic) bond motifs is 1. The molecule has 1 aliphatic heterocycles. The zero-order chi connectivity index (χ0) is 19.1. The van der Waals surface area contributed by atoms with Gasteiger partial charge >= 0.3 is 0 Å². The molecule has 0 unspecified atom stereocenters.